The molecule has 1 aromatic rings. The molecule has 0 saturated heterocycles. The quantitative estimate of drug-likeness (QED) is 0.314. The summed E-state index contributed by atoms with van der Waals surface area (Å²) in [5, 5.41) is 3.93. The number of nitrogens with zero attached hydrogens (tertiary/aromatic N) is 3. The predicted octanol–water partition coefficient (Wildman–Crippen LogP) is 4.43. The van der Waals surface area contributed by atoms with Gasteiger partial charge < -0.3 is 4.74 Å². The van der Waals surface area contributed by atoms with Gasteiger partial charge in [-0.25, -0.2) is 0 Å². The Balaban J connectivity index is 1.94. The first-order chi connectivity index (χ1) is 9.85. The van der Waals surface area contributed by atoms with Crippen LogP contribution in [0.4, 0.5) is 0 Å². The van der Waals surface area contributed by atoms with E-state index in [0.29, 0.717) is 0 Å². The second-order valence-corrected chi connectivity index (χ2v) is 5.42. The molecule has 4 nitrogen and oxygen atoms in total. The van der Waals surface area contributed by atoms with E-state index in [1.165, 1.54) is 30.4 Å². The van der Waals surface area contributed by atoms with Gasteiger partial charge in [-0.3, -0.25) is 0 Å². The standard InChI is InChI=1S/C16H23N3O/c1-2-3-4-7-10-20-16-12-14-9-6-5-8-13(14)11-15(16)18-19-17/h5-6,8-9,15-16H,2-4,7,10-12H2,1H3/t15-,16-/m1/s1. The first-order valence-electron chi connectivity index (χ1n) is 7.57. The molecule has 2 atom stereocenters. The highest BCUT2D eigenvalue weighted by atomic mass is 16.5. The highest BCUT2D eigenvalue weighted by Crippen LogP contribution is 2.25. The lowest BCUT2D eigenvalue weighted by Crippen LogP contribution is -2.35. The van der Waals surface area contributed by atoms with Crippen LogP contribution in [0.3, 0.4) is 0 Å². The number of hydrogen-bond acceptors (Lipinski definition) is 2. The van der Waals surface area contributed by atoms with Crippen molar-refractivity contribution >= 4 is 0 Å². The molecule has 0 unspecified atom stereocenters. The van der Waals surface area contributed by atoms with Gasteiger partial charge in [0.2, 0.25) is 0 Å². The molecular weight excluding hydrogens is 250 g/mol. The van der Waals surface area contributed by atoms with Gasteiger partial charge in [-0.05, 0) is 35.9 Å². The first-order valence-corrected chi connectivity index (χ1v) is 7.57. The molecule has 0 N–H and O–H groups in total. The van der Waals surface area contributed by atoms with Gasteiger partial charge in [0.1, 0.15) is 0 Å². The topological polar surface area (TPSA) is 58.0 Å². The van der Waals surface area contributed by atoms with Crippen molar-refractivity contribution in [2.75, 3.05) is 6.61 Å². The Morgan fingerprint density at radius 1 is 1.20 bits per heavy atom. The highest BCUT2D eigenvalue weighted by molar-refractivity contribution is 5.31. The van der Waals surface area contributed by atoms with Crippen LogP contribution < -0.4 is 0 Å². The summed E-state index contributed by atoms with van der Waals surface area (Å²) >= 11 is 0. The van der Waals surface area contributed by atoms with E-state index in [0.717, 1.165) is 25.9 Å². The third-order valence-corrected chi connectivity index (χ3v) is 3.93. The SMILES string of the molecule is CCCCCCO[C@@H]1Cc2ccccc2C[C@H]1N=[N+]=[N-]. The Labute approximate surface area is 120 Å². The van der Waals surface area contributed by atoms with Crippen molar-refractivity contribution in [1.29, 1.82) is 0 Å². The Kier molecular flexibility index (Phi) is 5.90. The summed E-state index contributed by atoms with van der Waals surface area (Å²) < 4.78 is 5.99. The number of rotatable bonds is 7. The summed E-state index contributed by atoms with van der Waals surface area (Å²) in [4.78, 5) is 2.99. The summed E-state index contributed by atoms with van der Waals surface area (Å²) in [6, 6.07) is 8.30. The zero-order valence-corrected chi connectivity index (χ0v) is 12.2. The largest absolute Gasteiger partial charge is 0.377 e. The van der Waals surface area contributed by atoms with Crippen molar-refractivity contribution in [3.8, 4) is 0 Å². The fourth-order valence-electron chi connectivity index (χ4n) is 2.78. The summed E-state index contributed by atoms with van der Waals surface area (Å²) in [5.74, 6) is 0. The summed E-state index contributed by atoms with van der Waals surface area (Å²) in [6.45, 7) is 2.97. The Morgan fingerprint density at radius 3 is 2.65 bits per heavy atom. The molecule has 1 aliphatic rings. The average Bonchev–Trinajstić information content (AvgIpc) is 2.47. The lowest BCUT2D eigenvalue weighted by molar-refractivity contribution is 0.0296. The molecule has 2 rings (SSSR count). The Hall–Kier alpha value is -1.51. The predicted molar refractivity (Wildman–Crippen MR) is 80.7 cm³/mol. The Bertz CT molecular complexity index is 469. The molecule has 0 fully saturated rings. The maximum Gasteiger partial charge on any atom is 0.0703 e. The molecule has 20 heavy (non-hydrogen) atoms. The van der Waals surface area contributed by atoms with Gasteiger partial charge >= 0.3 is 0 Å². The molecule has 4 heteroatoms. The van der Waals surface area contributed by atoms with E-state index in [1.807, 2.05) is 6.07 Å². The molecule has 0 radical (unpaired) electrons. The second-order valence-electron chi connectivity index (χ2n) is 5.42. The fraction of sp³-hybridized carbons (Fsp3) is 0.625. The number of fused-ring (bicyclic) bond motifs is 1. The van der Waals surface area contributed by atoms with Crippen molar-refractivity contribution in [2.24, 2.45) is 5.11 Å². The van der Waals surface area contributed by atoms with Crippen LogP contribution in [0, 0.1) is 0 Å². The third-order valence-electron chi connectivity index (χ3n) is 3.93. The lowest BCUT2D eigenvalue weighted by Gasteiger charge is -2.30. The molecular formula is C16H23N3O. The van der Waals surface area contributed by atoms with Gasteiger partial charge in [-0.1, -0.05) is 55.6 Å². The Morgan fingerprint density at radius 2 is 1.95 bits per heavy atom. The van der Waals surface area contributed by atoms with Crippen molar-refractivity contribution in [3.05, 3.63) is 45.8 Å². The van der Waals surface area contributed by atoms with Crippen LogP contribution in [0.2, 0.25) is 0 Å². The van der Waals surface area contributed by atoms with E-state index < -0.39 is 0 Å². The number of hydrogen-bond donors (Lipinski definition) is 0. The summed E-state index contributed by atoms with van der Waals surface area (Å²) in [6.07, 6.45) is 6.48. The maximum absolute atomic E-state index is 8.73. The van der Waals surface area contributed by atoms with E-state index in [1.54, 1.807) is 0 Å². The molecule has 108 valence electrons. The number of benzene rings is 1. The van der Waals surface area contributed by atoms with Crippen LogP contribution in [0.15, 0.2) is 29.4 Å². The normalized spacial score (nSPS) is 21.1. The zero-order valence-electron chi connectivity index (χ0n) is 12.2. The number of unbranched alkanes of at least 4 members (excludes halogenated alkanes) is 3. The molecule has 0 amide bonds. The van der Waals surface area contributed by atoms with Crippen LogP contribution in [0.5, 0.6) is 0 Å². The molecule has 1 aromatic carbocycles. The van der Waals surface area contributed by atoms with Crippen LogP contribution in [-0.4, -0.2) is 18.8 Å². The molecule has 0 aromatic heterocycles. The van der Waals surface area contributed by atoms with Gasteiger partial charge in [0.25, 0.3) is 0 Å². The average molecular weight is 273 g/mol. The lowest BCUT2D eigenvalue weighted by atomic mass is 9.86. The van der Waals surface area contributed by atoms with E-state index in [4.69, 9.17) is 10.3 Å². The van der Waals surface area contributed by atoms with Gasteiger partial charge in [0.05, 0.1) is 12.1 Å². The van der Waals surface area contributed by atoms with Gasteiger partial charge in [0, 0.05) is 11.5 Å². The van der Waals surface area contributed by atoms with Crippen LogP contribution in [-0.2, 0) is 17.6 Å². The summed E-state index contributed by atoms with van der Waals surface area (Å²) in [5.41, 5.74) is 11.3. The van der Waals surface area contributed by atoms with Crippen molar-refractivity contribution in [2.45, 2.75) is 57.6 Å². The number of ether oxygens (including phenoxy) is 1. The van der Waals surface area contributed by atoms with Crippen molar-refractivity contribution in [1.82, 2.24) is 0 Å². The molecule has 0 bridgehead atoms. The van der Waals surface area contributed by atoms with Gasteiger partial charge in [0.15, 0.2) is 0 Å². The molecule has 0 spiro atoms. The van der Waals surface area contributed by atoms with Gasteiger partial charge in [-0.2, -0.15) is 0 Å². The molecule has 0 heterocycles. The zero-order chi connectivity index (χ0) is 14.2. The van der Waals surface area contributed by atoms with Crippen molar-refractivity contribution in [3.63, 3.8) is 0 Å². The van der Waals surface area contributed by atoms with Crippen LogP contribution in [0.1, 0.15) is 43.7 Å². The second kappa shape index (κ2) is 7.93. The first kappa shape index (κ1) is 14.9. The minimum Gasteiger partial charge on any atom is -0.377 e. The van der Waals surface area contributed by atoms with E-state index in [9.17, 15) is 0 Å². The minimum atomic E-state index is -0.0684. The fourth-order valence-corrected chi connectivity index (χ4v) is 2.78. The van der Waals surface area contributed by atoms with Crippen molar-refractivity contribution < 1.29 is 4.74 Å². The monoisotopic (exact) mass is 273 g/mol. The maximum atomic E-state index is 8.73. The molecule has 0 saturated carbocycles. The minimum absolute atomic E-state index is 0.0300. The smallest absolute Gasteiger partial charge is 0.0703 e. The van der Waals surface area contributed by atoms with Crippen LogP contribution in [0.25, 0.3) is 10.4 Å². The third kappa shape index (κ3) is 3.99. The highest BCUT2D eigenvalue weighted by Gasteiger charge is 2.28. The molecule has 0 aliphatic heterocycles. The van der Waals surface area contributed by atoms with E-state index in [-0.39, 0.29) is 12.1 Å². The van der Waals surface area contributed by atoms with Crippen LogP contribution >= 0.6 is 0 Å². The van der Waals surface area contributed by atoms with Gasteiger partial charge in [-0.15, -0.1) is 0 Å². The number of azide groups is 1. The van der Waals surface area contributed by atoms with E-state index >= 15 is 0 Å². The molecule has 1 aliphatic carbocycles. The van der Waals surface area contributed by atoms with E-state index in [2.05, 4.69) is 35.1 Å². The summed E-state index contributed by atoms with van der Waals surface area (Å²) in [7, 11) is 0.